The largest absolute Gasteiger partial charge is 0.360 e. The van der Waals surface area contributed by atoms with Crippen LogP contribution in [0.3, 0.4) is 0 Å². The first-order valence-corrected chi connectivity index (χ1v) is 7.54. The molecule has 20 heavy (non-hydrogen) atoms. The molecule has 3 heterocycles. The second-order valence-corrected chi connectivity index (χ2v) is 6.33. The molecule has 5 nitrogen and oxygen atoms in total. The van der Waals surface area contributed by atoms with E-state index in [1.54, 1.807) is 6.33 Å². The molecule has 1 aromatic rings. The van der Waals surface area contributed by atoms with Gasteiger partial charge in [-0.05, 0) is 33.2 Å². The third kappa shape index (κ3) is 3.34. The SMILES string of the molecule is CC1(C)N[C@H](CCCN2CCc3ncncc3C2)CO1. The highest BCUT2D eigenvalue weighted by Crippen LogP contribution is 2.19. The second kappa shape index (κ2) is 5.76. The molecule has 2 aliphatic heterocycles. The van der Waals surface area contributed by atoms with E-state index in [0.29, 0.717) is 6.04 Å². The summed E-state index contributed by atoms with van der Waals surface area (Å²) in [5.74, 6) is 0. The fourth-order valence-corrected chi connectivity index (χ4v) is 3.12. The van der Waals surface area contributed by atoms with Gasteiger partial charge in [-0.15, -0.1) is 0 Å². The zero-order chi connectivity index (χ0) is 14.0. The van der Waals surface area contributed by atoms with Crippen molar-refractivity contribution in [3.05, 3.63) is 23.8 Å². The van der Waals surface area contributed by atoms with E-state index in [1.807, 2.05) is 6.20 Å². The van der Waals surface area contributed by atoms with Gasteiger partial charge in [0.2, 0.25) is 0 Å². The first-order valence-electron chi connectivity index (χ1n) is 7.54. The summed E-state index contributed by atoms with van der Waals surface area (Å²) >= 11 is 0. The Bertz CT molecular complexity index is 463. The molecular weight excluding hydrogens is 252 g/mol. The quantitative estimate of drug-likeness (QED) is 0.899. The average Bonchev–Trinajstić information content (AvgIpc) is 2.78. The fraction of sp³-hybridized carbons (Fsp3) is 0.733. The first kappa shape index (κ1) is 13.9. The lowest BCUT2D eigenvalue weighted by molar-refractivity contribution is 0.0231. The van der Waals surface area contributed by atoms with Crippen LogP contribution in [0.15, 0.2) is 12.5 Å². The van der Waals surface area contributed by atoms with Crippen LogP contribution in [0.1, 0.15) is 37.9 Å². The van der Waals surface area contributed by atoms with Crippen molar-refractivity contribution in [1.29, 1.82) is 0 Å². The van der Waals surface area contributed by atoms with Crippen molar-refractivity contribution in [2.75, 3.05) is 19.7 Å². The third-order valence-corrected chi connectivity index (χ3v) is 4.16. The van der Waals surface area contributed by atoms with Gasteiger partial charge in [-0.1, -0.05) is 0 Å². The summed E-state index contributed by atoms with van der Waals surface area (Å²) in [5.41, 5.74) is 2.37. The molecule has 0 amide bonds. The Hall–Kier alpha value is -1.04. The van der Waals surface area contributed by atoms with Crippen molar-refractivity contribution >= 4 is 0 Å². The number of hydrogen-bond acceptors (Lipinski definition) is 5. The summed E-state index contributed by atoms with van der Waals surface area (Å²) in [7, 11) is 0. The molecule has 1 saturated heterocycles. The van der Waals surface area contributed by atoms with E-state index in [9.17, 15) is 0 Å². The predicted molar refractivity (Wildman–Crippen MR) is 77.2 cm³/mol. The second-order valence-electron chi connectivity index (χ2n) is 6.33. The predicted octanol–water partition coefficient (Wildman–Crippen LogP) is 1.34. The molecule has 1 aromatic heterocycles. The maximum absolute atomic E-state index is 5.70. The van der Waals surface area contributed by atoms with Gasteiger partial charge in [-0.25, -0.2) is 9.97 Å². The number of aromatic nitrogens is 2. The van der Waals surface area contributed by atoms with Gasteiger partial charge in [0, 0.05) is 43.0 Å². The third-order valence-electron chi connectivity index (χ3n) is 4.16. The highest BCUT2D eigenvalue weighted by atomic mass is 16.5. The van der Waals surface area contributed by atoms with Crippen LogP contribution in [-0.4, -0.2) is 46.3 Å². The molecular formula is C15H24N4O. The van der Waals surface area contributed by atoms with Crippen molar-refractivity contribution in [1.82, 2.24) is 20.2 Å². The van der Waals surface area contributed by atoms with Crippen LogP contribution >= 0.6 is 0 Å². The lowest BCUT2D eigenvalue weighted by Gasteiger charge is -2.28. The number of hydrogen-bond donors (Lipinski definition) is 1. The molecule has 0 spiro atoms. The molecule has 5 heteroatoms. The van der Waals surface area contributed by atoms with Crippen LogP contribution in [0.5, 0.6) is 0 Å². The van der Waals surface area contributed by atoms with E-state index < -0.39 is 0 Å². The van der Waals surface area contributed by atoms with Crippen LogP contribution in [0.4, 0.5) is 0 Å². The fourth-order valence-electron chi connectivity index (χ4n) is 3.12. The zero-order valence-electron chi connectivity index (χ0n) is 12.4. The van der Waals surface area contributed by atoms with E-state index in [1.165, 1.54) is 24.1 Å². The standard InChI is InChI=1S/C15H24N4O/c1-15(2)18-13(10-20-15)4-3-6-19-7-5-14-12(9-19)8-16-11-17-14/h8,11,13,18H,3-7,9-10H2,1-2H3/t13-/m1/s1. The molecule has 1 fully saturated rings. The minimum atomic E-state index is -0.147. The Kier molecular flexibility index (Phi) is 4.01. The molecule has 0 aliphatic carbocycles. The summed E-state index contributed by atoms with van der Waals surface area (Å²) in [4.78, 5) is 11.0. The number of ether oxygens (including phenoxy) is 1. The molecule has 0 saturated carbocycles. The number of nitrogens with zero attached hydrogens (tertiary/aromatic N) is 3. The van der Waals surface area contributed by atoms with Crippen molar-refractivity contribution < 1.29 is 4.74 Å². The van der Waals surface area contributed by atoms with E-state index in [0.717, 1.165) is 32.7 Å². The van der Waals surface area contributed by atoms with Gasteiger partial charge in [-0.2, -0.15) is 0 Å². The maximum atomic E-state index is 5.70. The summed E-state index contributed by atoms with van der Waals surface area (Å²) in [6.45, 7) is 8.28. The van der Waals surface area contributed by atoms with Gasteiger partial charge in [0.15, 0.2) is 0 Å². The zero-order valence-corrected chi connectivity index (χ0v) is 12.4. The number of nitrogens with one attached hydrogen (secondary N) is 1. The molecule has 3 rings (SSSR count). The van der Waals surface area contributed by atoms with Crippen LogP contribution in [0.2, 0.25) is 0 Å². The summed E-state index contributed by atoms with van der Waals surface area (Å²) < 4.78 is 5.70. The van der Waals surface area contributed by atoms with E-state index in [-0.39, 0.29) is 5.72 Å². The van der Waals surface area contributed by atoms with Crippen LogP contribution in [0, 0.1) is 0 Å². The highest BCUT2D eigenvalue weighted by molar-refractivity contribution is 5.18. The minimum absolute atomic E-state index is 0.147. The van der Waals surface area contributed by atoms with Gasteiger partial charge in [0.1, 0.15) is 12.1 Å². The number of rotatable bonds is 4. The van der Waals surface area contributed by atoms with Crippen LogP contribution in [0.25, 0.3) is 0 Å². The van der Waals surface area contributed by atoms with Crippen molar-refractivity contribution in [3.8, 4) is 0 Å². The topological polar surface area (TPSA) is 50.3 Å². The first-order chi connectivity index (χ1) is 9.62. The molecule has 0 unspecified atom stereocenters. The molecule has 1 atom stereocenters. The molecule has 110 valence electrons. The average molecular weight is 276 g/mol. The Morgan fingerprint density at radius 3 is 3.20 bits per heavy atom. The maximum Gasteiger partial charge on any atom is 0.115 e. The van der Waals surface area contributed by atoms with Crippen molar-refractivity contribution in [2.24, 2.45) is 0 Å². The molecule has 0 radical (unpaired) electrons. The van der Waals surface area contributed by atoms with Crippen molar-refractivity contribution in [2.45, 2.75) is 51.4 Å². The lowest BCUT2D eigenvalue weighted by atomic mass is 10.1. The minimum Gasteiger partial charge on any atom is -0.360 e. The van der Waals surface area contributed by atoms with Gasteiger partial charge in [0.05, 0.1) is 6.61 Å². The molecule has 0 aromatic carbocycles. The van der Waals surface area contributed by atoms with Gasteiger partial charge < -0.3 is 4.74 Å². The molecule has 2 aliphatic rings. The summed E-state index contributed by atoms with van der Waals surface area (Å²) in [6, 6.07) is 0.505. The monoisotopic (exact) mass is 276 g/mol. The Morgan fingerprint density at radius 2 is 2.40 bits per heavy atom. The van der Waals surface area contributed by atoms with E-state index >= 15 is 0 Å². The Balaban J connectivity index is 1.42. The molecule has 0 bridgehead atoms. The normalized spacial score (nSPS) is 25.6. The lowest BCUT2D eigenvalue weighted by Crippen LogP contribution is -2.39. The van der Waals surface area contributed by atoms with E-state index in [4.69, 9.17) is 4.74 Å². The Morgan fingerprint density at radius 1 is 1.50 bits per heavy atom. The van der Waals surface area contributed by atoms with Gasteiger partial charge in [0.25, 0.3) is 0 Å². The van der Waals surface area contributed by atoms with E-state index in [2.05, 4.69) is 34.0 Å². The van der Waals surface area contributed by atoms with Crippen LogP contribution < -0.4 is 5.32 Å². The highest BCUT2D eigenvalue weighted by Gasteiger charge is 2.30. The Labute approximate surface area is 120 Å². The smallest absolute Gasteiger partial charge is 0.115 e. The molecule has 1 N–H and O–H groups in total. The van der Waals surface area contributed by atoms with Gasteiger partial charge >= 0.3 is 0 Å². The van der Waals surface area contributed by atoms with Crippen LogP contribution in [-0.2, 0) is 17.7 Å². The summed E-state index contributed by atoms with van der Waals surface area (Å²) in [5, 5.41) is 3.52. The summed E-state index contributed by atoms with van der Waals surface area (Å²) in [6.07, 6.45) is 7.05. The number of fused-ring (bicyclic) bond motifs is 1. The van der Waals surface area contributed by atoms with Crippen molar-refractivity contribution in [3.63, 3.8) is 0 Å². The van der Waals surface area contributed by atoms with Gasteiger partial charge in [-0.3, -0.25) is 10.2 Å².